The molecular formula is C13H11ClFNO2S. The molecule has 2 aromatic carbocycles. The molecule has 100 valence electrons. The molecule has 0 fully saturated rings. The second-order valence-electron chi connectivity index (χ2n) is 3.74. The fourth-order valence-corrected chi connectivity index (χ4v) is 2.69. The molecule has 3 nitrogen and oxygen atoms in total. The van der Waals surface area contributed by atoms with Crippen molar-refractivity contribution < 1.29 is 14.2 Å². The molecule has 0 aliphatic heterocycles. The van der Waals surface area contributed by atoms with Gasteiger partial charge in [-0.2, -0.15) is 0 Å². The van der Waals surface area contributed by atoms with Gasteiger partial charge in [0.15, 0.2) is 11.5 Å². The van der Waals surface area contributed by atoms with Gasteiger partial charge in [0.05, 0.1) is 12.8 Å². The van der Waals surface area contributed by atoms with Crippen LogP contribution in [0.5, 0.6) is 11.5 Å². The van der Waals surface area contributed by atoms with Gasteiger partial charge in [-0.3, -0.25) is 0 Å². The number of rotatable bonds is 3. The Morgan fingerprint density at radius 1 is 1.32 bits per heavy atom. The third kappa shape index (κ3) is 3.05. The van der Waals surface area contributed by atoms with Gasteiger partial charge < -0.3 is 15.6 Å². The van der Waals surface area contributed by atoms with Crippen molar-refractivity contribution in [2.75, 3.05) is 12.8 Å². The monoisotopic (exact) mass is 299 g/mol. The molecule has 3 N–H and O–H groups in total. The van der Waals surface area contributed by atoms with E-state index >= 15 is 0 Å². The van der Waals surface area contributed by atoms with Crippen LogP contribution in [0.3, 0.4) is 0 Å². The summed E-state index contributed by atoms with van der Waals surface area (Å²) in [5.41, 5.74) is 5.83. The highest BCUT2D eigenvalue weighted by Gasteiger charge is 2.11. The summed E-state index contributed by atoms with van der Waals surface area (Å²) in [5.74, 6) is -0.261. The van der Waals surface area contributed by atoms with Crippen molar-refractivity contribution in [3.63, 3.8) is 0 Å². The Labute approximate surface area is 119 Å². The Morgan fingerprint density at radius 3 is 2.74 bits per heavy atom. The summed E-state index contributed by atoms with van der Waals surface area (Å²) in [6.07, 6.45) is 0. The molecular weight excluding hydrogens is 289 g/mol. The van der Waals surface area contributed by atoms with Crippen LogP contribution in [0, 0.1) is 5.82 Å². The lowest BCUT2D eigenvalue weighted by atomic mass is 10.3. The first-order valence-corrected chi connectivity index (χ1v) is 6.50. The fourth-order valence-electron chi connectivity index (χ4n) is 1.50. The molecule has 6 heteroatoms. The summed E-state index contributed by atoms with van der Waals surface area (Å²) in [5, 5.41) is 10.1. The van der Waals surface area contributed by atoms with Crippen LogP contribution in [-0.4, -0.2) is 12.2 Å². The van der Waals surface area contributed by atoms with E-state index in [1.807, 2.05) is 0 Å². The van der Waals surface area contributed by atoms with Crippen LogP contribution in [0.15, 0.2) is 40.1 Å². The highest BCUT2D eigenvalue weighted by atomic mass is 35.5. The Kier molecular flexibility index (Phi) is 4.07. The van der Waals surface area contributed by atoms with Gasteiger partial charge in [-0.1, -0.05) is 23.4 Å². The first kappa shape index (κ1) is 13.8. The van der Waals surface area contributed by atoms with E-state index < -0.39 is 0 Å². The fraction of sp³-hybridized carbons (Fsp3) is 0.0769. The third-order valence-corrected chi connectivity index (χ3v) is 3.66. The number of nitrogens with two attached hydrogens (primary N) is 1. The van der Waals surface area contributed by atoms with Gasteiger partial charge in [-0.25, -0.2) is 4.39 Å². The predicted molar refractivity (Wildman–Crippen MR) is 74.6 cm³/mol. The Bertz CT molecular complexity index is 622. The number of nitrogen functional groups attached to an aromatic ring is 1. The summed E-state index contributed by atoms with van der Waals surface area (Å²) in [6, 6.07) is 7.43. The highest BCUT2D eigenvalue weighted by Crippen LogP contribution is 2.40. The molecule has 2 rings (SSSR count). The zero-order valence-electron chi connectivity index (χ0n) is 9.98. The molecule has 0 unspecified atom stereocenters. The lowest BCUT2D eigenvalue weighted by Crippen LogP contribution is -1.91. The SMILES string of the molecule is COc1cc(Sc2cc(Cl)ccc2F)cc(N)c1O. The predicted octanol–water partition coefficient (Wildman–Crippen LogP) is 3.93. The Morgan fingerprint density at radius 2 is 2.05 bits per heavy atom. The van der Waals surface area contributed by atoms with Crippen LogP contribution in [0.25, 0.3) is 0 Å². The molecule has 2 aromatic rings. The summed E-state index contributed by atoms with van der Waals surface area (Å²) in [6.45, 7) is 0. The van der Waals surface area contributed by atoms with Crippen LogP contribution in [-0.2, 0) is 0 Å². The second kappa shape index (κ2) is 5.59. The number of benzene rings is 2. The van der Waals surface area contributed by atoms with Crippen molar-refractivity contribution in [3.8, 4) is 11.5 Å². The van der Waals surface area contributed by atoms with E-state index in [4.69, 9.17) is 22.1 Å². The van der Waals surface area contributed by atoms with Crippen molar-refractivity contribution in [2.45, 2.75) is 9.79 Å². The van der Waals surface area contributed by atoms with Gasteiger partial charge in [0.1, 0.15) is 5.82 Å². The summed E-state index contributed by atoms with van der Waals surface area (Å²) < 4.78 is 18.6. The molecule has 0 amide bonds. The van der Waals surface area contributed by atoms with E-state index in [1.54, 1.807) is 12.1 Å². The topological polar surface area (TPSA) is 55.5 Å². The van der Waals surface area contributed by atoms with Gasteiger partial charge in [0.2, 0.25) is 0 Å². The molecule has 0 heterocycles. The van der Waals surface area contributed by atoms with Crippen molar-refractivity contribution in [1.29, 1.82) is 0 Å². The molecule has 0 spiro atoms. The molecule has 0 aliphatic carbocycles. The molecule has 0 aliphatic rings. The van der Waals surface area contributed by atoms with Crippen molar-refractivity contribution >= 4 is 29.1 Å². The lowest BCUT2D eigenvalue weighted by molar-refractivity contribution is 0.373. The molecule has 0 aromatic heterocycles. The van der Waals surface area contributed by atoms with Gasteiger partial charge in [-0.05, 0) is 30.3 Å². The van der Waals surface area contributed by atoms with Crippen LogP contribution in [0.1, 0.15) is 0 Å². The number of hydrogen-bond donors (Lipinski definition) is 2. The van der Waals surface area contributed by atoms with Crippen LogP contribution in [0.4, 0.5) is 10.1 Å². The van der Waals surface area contributed by atoms with Gasteiger partial charge in [0.25, 0.3) is 0 Å². The first-order chi connectivity index (χ1) is 9.01. The zero-order valence-corrected chi connectivity index (χ0v) is 11.6. The minimum Gasteiger partial charge on any atom is -0.503 e. The van der Waals surface area contributed by atoms with Crippen molar-refractivity contribution in [3.05, 3.63) is 41.2 Å². The minimum absolute atomic E-state index is 0.126. The van der Waals surface area contributed by atoms with Crippen LogP contribution < -0.4 is 10.5 Å². The van der Waals surface area contributed by atoms with Crippen LogP contribution in [0.2, 0.25) is 5.02 Å². The number of ether oxygens (including phenoxy) is 1. The second-order valence-corrected chi connectivity index (χ2v) is 5.29. The first-order valence-electron chi connectivity index (χ1n) is 5.30. The third-order valence-electron chi connectivity index (χ3n) is 2.42. The summed E-state index contributed by atoms with van der Waals surface area (Å²) in [7, 11) is 1.42. The number of hydrogen-bond acceptors (Lipinski definition) is 4. The molecule has 0 saturated carbocycles. The average molecular weight is 300 g/mol. The van der Waals surface area contributed by atoms with E-state index in [0.717, 1.165) is 11.8 Å². The molecule has 0 bridgehead atoms. The largest absolute Gasteiger partial charge is 0.503 e. The zero-order chi connectivity index (χ0) is 14.0. The smallest absolute Gasteiger partial charge is 0.181 e. The number of phenolic OH excluding ortho intramolecular Hbond substituents is 1. The quantitative estimate of drug-likeness (QED) is 0.666. The normalized spacial score (nSPS) is 10.5. The van der Waals surface area contributed by atoms with E-state index in [0.29, 0.717) is 14.8 Å². The summed E-state index contributed by atoms with van der Waals surface area (Å²) >= 11 is 6.98. The highest BCUT2D eigenvalue weighted by molar-refractivity contribution is 7.99. The van der Waals surface area contributed by atoms with Gasteiger partial charge in [-0.15, -0.1) is 0 Å². The average Bonchev–Trinajstić information content (AvgIpc) is 2.38. The lowest BCUT2D eigenvalue weighted by Gasteiger charge is -2.09. The summed E-state index contributed by atoms with van der Waals surface area (Å²) in [4.78, 5) is 1.02. The standard InChI is InChI=1S/C13H11ClFNO2S/c1-18-11-6-8(5-10(16)13(11)17)19-12-4-7(14)2-3-9(12)15/h2-6,17H,16H2,1H3. The van der Waals surface area contributed by atoms with E-state index in [2.05, 4.69) is 0 Å². The number of phenols is 1. The molecule has 0 radical (unpaired) electrons. The number of halogens is 2. The van der Waals surface area contributed by atoms with Crippen molar-refractivity contribution in [2.24, 2.45) is 0 Å². The van der Waals surface area contributed by atoms with Gasteiger partial charge >= 0.3 is 0 Å². The van der Waals surface area contributed by atoms with Gasteiger partial charge in [0, 0.05) is 14.8 Å². The Hall–Kier alpha value is -1.59. The van der Waals surface area contributed by atoms with E-state index in [9.17, 15) is 9.50 Å². The van der Waals surface area contributed by atoms with Crippen LogP contribution >= 0.6 is 23.4 Å². The maximum atomic E-state index is 13.6. The number of anilines is 1. The Balaban J connectivity index is 2.38. The van der Waals surface area contributed by atoms with Crippen molar-refractivity contribution in [1.82, 2.24) is 0 Å². The number of aromatic hydroxyl groups is 1. The van der Waals surface area contributed by atoms with E-state index in [-0.39, 0.29) is 23.0 Å². The maximum Gasteiger partial charge on any atom is 0.181 e. The van der Waals surface area contributed by atoms with E-state index in [1.165, 1.54) is 25.3 Å². The molecule has 19 heavy (non-hydrogen) atoms. The molecule has 0 atom stereocenters. The number of methoxy groups -OCH3 is 1. The molecule has 0 saturated heterocycles. The minimum atomic E-state index is -0.375. The maximum absolute atomic E-state index is 13.6.